The SMILES string of the molecule is CNCCCc1ncc2c(n1)CCOCC2. The number of hydrogen-bond acceptors (Lipinski definition) is 4. The summed E-state index contributed by atoms with van der Waals surface area (Å²) in [6.45, 7) is 2.61. The normalized spacial score (nSPS) is 15.6. The fraction of sp³-hybridized carbons (Fsp3) is 0.667. The van der Waals surface area contributed by atoms with E-state index in [1.165, 1.54) is 11.3 Å². The lowest BCUT2D eigenvalue weighted by Gasteiger charge is -2.06. The maximum absolute atomic E-state index is 5.44. The third-order valence-electron chi connectivity index (χ3n) is 2.83. The van der Waals surface area contributed by atoms with Gasteiger partial charge in [0.2, 0.25) is 0 Å². The molecule has 0 saturated heterocycles. The second-order valence-corrected chi connectivity index (χ2v) is 4.08. The fourth-order valence-corrected chi connectivity index (χ4v) is 1.91. The van der Waals surface area contributed by atoms with Crippen molar-refractivity contribution in [3.8, 4) is 0 Å². The number of aromatic nitrogens is 2. The van der Waals surface area contributed by atoms with E-state index in [-0.39, 0.29) is 0 Å². The number of ether oxygens (including phenoxy) is 1. The molecule has 4 heteroatoms. The Hall–Kier alpha value is -1.00. The second-order valence-electron chi connectivity index (χ2n) is 4.08. The molecule has 0 aliphatic carbocycles. The lowest BCUT2D eigenvalue weighted by atomic mass is 10.1. The summed E-state index contributed by atoms with van der Waals surface area (Å²) in [7, 11) is 1.97. The molecule has 1 aromatic rings. The van der Waals surface area contributed by atoms with Gasteiger partial charge in [-0.2, -0.15) is 0 Å². The summed E-state index contributed by atoms with van der Waals surface area (Å²) in [6, 6.07) is 0. The Bertz CT molecular complexity index is 341. The molecule has 4 nitrogen and oxygen atoms in total. The summed E-state index contributed by atoms with van der Waals surface area (Å²) in [5, 5.41) is 3.13. The summed E-state index contributed by atoms with van der Waals surface area (Å²) in [6.07, 6.45) is 5.90. The fourth-order valence-electron chi connectivity index (χ4n) is 1.91. The number of hydrogen-bond donors (Lipinski definition) is 1. The molecular formula is C12H19N3O. The van der Waals surface area contributed by atoms with Crippen molar-refractivity contribution in [1.29, 1.82) is 0 Å². The Morgan fingerprint density at radius 1 is 1.38 bits per heavy atom. The molecule has 1 aromatic heterocycles. The highest BCUT2D eigenvalue weighted by molar-refractivity contribution is 5.19. The van der Waals surface area contributed by atoms with Crippen LogP contribution in [-0.2, 0) is 24.0 Å². The molecule has 1 N–H and O–H groups in total. The third-order valence-corrected chi connectivity index (χ3v) is 2.83. The van der Waals surface area contributed by atoms with Crippen molar-refractivity contribution < 1.29 is 4.74 Å². The first-order chi connectivity index (χ1) is 7.90. The summed E-state index contributed by atoms with van der Waals surface area (Å²) in [5.74, 6) is 0.968. The Labute approximate surface area is 96.4 Å². The number of nitrogens with one attached hydrogen (secondary N) is 1. The van der Waals surface area contributed by atoms with E-state index in [2.05, 4.69) is 15.3 Å². The highest BCUT2D eigenvalue weighted by Gasteiger charge is 2.10. The Kier molecular flexibility index (Phi) is 4.25. The highest BCUT2D eigenvalue weighted by Crippen LogP contribution is 2.11. The third kappa shape index (κ3) is 3.00. The van der Waals surface area contributed by atoms with Crippen LogP contribution in [0.3, 0.4) is 0 Å². The first kappa shape index (κ1) is 11.5. The molecule has 0 spiro atoms. The largest absolute Gasteiger partial charge is 0.381 e. The minimum Gasteiger partial charge on any atom is -0.381 e. The zero-order valence-corrected chi connectivity index (χ0v) is 9.83. The maximum Gasteiger partial charge on any atom is 0.128 e. The average molecular weight is 221 g/mol. The quantitative estimate of drug-likeness (QED) is 0.762. The molecule has 1 aliphatic heterocycles. The van der Waals surface area contributed by atoms with Crippen molar-refractivity contribution in [2.45, 2.75) is 25.7 Å². The molecular weight excluding hydrogens is 202 g/mol. The van der Waals surface area contributed by atoms with E-state index < -0.39 is 0 Å². The Morgan fingerprint density at radius 2 is 2.25 bits per heavy atom. The van der Waals surface area contributed by atoms with Gasteiger partial charge >= 0.3 is 0 Å². The van der Waals surface area contributed by atoms with Gasteiger partial charge in [-0.1, -0.05) is 0 Å². The predicted molar refractivity (Wildman–Crippen MR) is 62.5 cm³/mol. The monoisotopic (exact) mass is 221 g/mol. The molecule has 0 fully saturated rings. The van der Waals surface area contributed by atoms with E-state index in [4.69, 9.17) is 4.74 Å². The molecule has 88 valence electrons. The summed E-state index contributed by atoms with van der Waals surface area (Å²) in [4.78, 5) is 9.04. The molecule has 16 heavy (non-hydrogen) atoms. The molecule has 0 aromatic carbocycles. The molecule has 0 bridgehead atoms. The number of rotatable bonds is 4. The topological polar surface area (TPSA) is 47.0 Å². The minimum atomic E-state index is 0.792. The standard InChI is InChI=1S/C12H19N3O/c1-13-6-2-3-12-14-9-10-4-7-16-8-5-11(10)15-12/h9,13H,2-8H2,1H3. The maximum atomic E-state index is 5.44. The van der Waals surface area contributed by atoms with Crippen molar-refractivity contribution in [3.05, 3.63) is 23.3 Å². The van der Waals surface area contributed by atoms with E-state index in [0.717, 1.165) is 51.3 Å². The van der Waals surface area contributed by atoms with Crippen LogP contribution in [0.4, 0.5) is 0 Å². The van der Waals surface area contributed by atoms with Crippen LogP contribution in [0.25, 0.3) is 0 Å². The molecule has 0 radical (unpaired) electrons. The van der Waals surface area contributed by atoms with Gasteiger partial charge < -0.3 is 10.1 Å². The van der Waals surface area contributed by atoms with Crippen LogP contribution in [-0.4, -0.2) is 36.8 Å². The molecule has 0 atom stereocenters. The van der Waals surface area contributed by atoms with Gasteiger partial charge in [0.25, 0.3) is 0 Å². The van der Waals surface area contributed by atoms with Crippen molar-refractivity contribution in [1.82, 2.24) is 15.3 Å². The van der Waals surface area contributed by atoms with Gasteiger partial charge in [-0.25, -0.2) is 9.97 Å². The van der Waals surface area contributed by atoms with Gasteiger partial charge in [0.05, 0.1) is 13.2 Å². The van der Waals surface area contributed by atoms with Crippen LogP contribution in [0.2, 0.25) is 0 Å². The smallest absolute Gasteiger partial charge is 0.128 e. The average Bonchev–Trinajstić information content (AvgIpc) is 2.54. The number of nitrogens with zero attached hydrogens (tertiary/aromatic N) is 2. The lowest BCUT2D eigenvalue weighted by molar-refractivity contribution is 0.146. The second kappa shape index (κ2) is 5.92. The van der Waals surface area contributed by atoms with E-state index in [1.807, 2.05) is 13.2 Å². The molecule has 0 unspecified atom stereocenters. The van der Waals surface area contributed by atoms with Crippen LogP contribution >= 0.6 is 0 Å². The summed E-state index contributed by atoms with van der Waals surface area (Å²) in [5.41, 5.74) is 2.45. The van der Waals surface area contributed by atoms with Gasteiger partial charge in [-0.15, -0.1) is 0 Å². The van der Waals surface area contributed by atoms with Gasteiger partial charge in [-0.3, -0.25) is 0 Å². The van der Waals surface area contributed by atoms with Crippen LogP contribution in [0, 0.1) is 0 Å². The van der Waals surface area contributed by atoms with E-state index in [0.29, 0.717) is 0 Å². The van der Waals surface area contributed by atoms with E-state index >= 15 is 0 Å². The van der Waals surface area contributed by atoms with Crippen molar-refractivity contribution in [3.63, 3.8) is 0 Å². The Balaban J connectivity index is 2.02. The first-order valence-electron chi connectivity index (χ1n) is 5.96. The van der Waals surface area contributed by atoms with Crippen molar-refractivity contribution >= 4 is 0 Å². The van der Waals surface area contributed by atoms with E-state index in [1.54, 1.807) is 0 Å². The van der Waals surface area contributed by atoms with Gasteiger partial charge in [-0.05, 0) is 32.0 Å². The summed E-state index contributed by atoms with van der Waals surface area (Å²) >= 11 is 0. The Morgan fingerprint density at radius 3 is 3.12 bits per heavy atom. The van der Waals surface area contributed by atoms with Crippen LogP contribution in [0.5, 0.6) is 0 Å². The number of aryl methyl sites for hydroxylation is 1. The van der Waals surface area contributed by atoms with Crippen LogP contribution in [0.1, 0.15) is 23.5 Å². The summed E-state index contributed by atoms with van der Waals surface area (Å²) < 4.78 is 5.44. The lowest BCUT2D eigenvalue weighted by Crippen LogP contribution is -2.10. The van der Waals surface area contributed by atoms with Crippen molar-refractivity contribution in [2.75, 3.05) is 26.8 Å². The minimum absolute atomic E-state index is 0.792. The van der Waals surface area contributed by atoms with E-state index in [9.17, 15) is 0 Å². The predicted octanol–water partition coefficient (Wildman–Crippen LogP) is 0.744. The van der Waals surface area contributed by atoms with Gasteiger partial charge in [0, 0.05) is 24.7 Å². The first-order valence-corrected chi connectivity index (χ1v) is 5.96. The van der Waals surface area contributed by atoms with Crippen LogP contribution in [0.15, 0.2) is 6.20 Å². The molecule has 2 heterocycles. The van der Waals surface area contributed by atoms with Crippen LogP contribution < -0.4 is 5.32 Å². The van der Waals surface area contributed by atoms with Gasteiger partial charge in [0.1, 0.15) is 5.82 Å². The molecule has 2 rings (SSSR count). The zero-order chi connectivity index (χ0) is 11.2. The van der Waals surface area contributed by atoms with Gasteiger partial charge in [0.15, 0.2) is 0 Å². The zero-order valence-electron chi connectivity index (χ0n) is 9.83. The number of fused-ring (bicyclic) bond motifs is 1. The molecule has 0 amide bonds. The molecule has 0 saturated carbocycles. The van der Waals surface area contributed by atoms with Crippen molar-refractivity contribution in [2.24, 2.45) is 0 Å². The highest BCUT2D eigenvalue weighted by atomic mass is 16.5. The molecule has 1 aliphatic rings.